The molecule has 1 unspecified atom stereocenters. The number of carbonyl (C=O) groups excluding carboxylic acids is 1. The van der Waals surface area contributed by atoms with Crippen molar-refractivity contribution < 1.29 is 9.53 Å². The number of halogens is 1. The molecule has 1 aromatic carbocycles. The highest BCUT2D eigenvalue weighted by atomic mass is 35.5. The quantitative estimate of drug-likeness (QED) is 0.835. The first-order valence-electron chi connectivity index (χ1n) is 6.01. The number of ether oxygens (including phenoxy) is 1. The molecule has 0 fully saturated rings. The Kier molecular flexibility index (Phi) is 5.48. The van der Waals surface area contributed by atoms with Gasteiger partial charge in [-0.1, -0.05) is 19.9 Å². The van der Waals surface area contributed by atoms with Crippen molar-refractivity contribution in [2.75, 3.05) is 13.0 Å². The van der Waals surface area contributed by atoms with E-state index in [2.05, 4.69) is 5.32 Å². The minimum atomic E-state index is -0.118. The number of hydrogen-bond donors (Lipinski definition) is 1. The number of aryl methyl sites for hydroxylation is 1. The van der Waals surface area contributed by atoms with Crippen molar-refractivity contribution in [2.45, 2.75) is 26.8 Å². The molecule has 3 nitrogen and oxygen atoms in total. The summed E-state index contributed by atoms with van der Waals surface area (Å²) in [7, 11) is 1.60. The van der Waals surface area contributed by atoms with Gasteiger partial charge in [0.05, 0.1) is 7.11 Å². The van der Waals surface area contributed by atoms with E-state index in [0.29, 0.717) is 17.4 Å². The van der Waals surface area contributed by atoms with E-state index >= 15 is 0 Å². The molecule has 1 amide bonds. The van der Waals surface area contributed by atoms with E-state index < -0.39 is 0 Å². The molecule has 1 N–H and O–H groups in total. The zero-order chi connectivity index (χ0) is 13.7. The van der Waals surface area contributed by atoms with Gasteiger partial charge in [0.1, 0.15) is 5.75 Å². The molecule has 0 saturated heterocycles. The smallest absolute Gasteiger partial charge is 0.251 e. The first-order valence-corrected chi connectivity index (χ1v) is 6.54. The highest BCUT2D eigenvalue weighted by molar-refractivity contribution is 6.18. The van der Waals surface area contributed by atoms with E-state index in [9.17, 15) is 4.79 Å². The zero-order valence-electron chi connectivity index (χ0n) is 11.3. The molecule has 0 heterocycles. The fraction of sp³-hybridized carbons (Fsp3) is 0.500. The largest absolute Gasteiger partial charge is 0.496 e. The number of carbonyl (C=O) groups is 1. The Balaban J connectivity index is 2.84. The molecule has 0 spiro atoms. The molecule has 4 heteroatoms. The van der Waals surface area contributed by atoms with Crippen LogP contribution in [0.2, 0.25) is 0 Å². The van der Waals surface area contributed by atoms with Crippen molar-refractivity contribution in [3.05, 3.63) is 29.3 Å². The summed E-state index contributed by atoms with van der Waals surface area (Å²) in [4.78, 5) is 12.1. The van der Waals surface area contributed by atoms with E-state index in [0.717, 1.165) is 11.3 Å². The Morgan fingerprint density at radius 1 is 1.44 bits per heavy atom. The fourth-order valence-corrected chi connectivity index (χ4v) is 2.03. The maximum absolute atomic E-state index is 12.1. The maximum atomic E-state index is 12.1. The molecule has 0 saturated carbocycles. The third-order valence-corrected chi connectivity index (χ3v) is 3.29. The molecule has 0 bridgehead atoms. The van der Waals surface area contributed by atoms with Crippen LogP contribution in [0.4, 0.5) is 0 Å². The normalized spacial score (nSPS) is 12.3. The van der Waals surface area contributed by atoms with Crippen LogP contribution in [-0.2, 0) is 0 Å². The number of amides is 1. The van der Waals surface area contributed by atoms with Crippen molar-refractivity contribution >= 4 is 17.5 Å². The predicted molar refractivity (Wildman–Crippen MR) is 74.5 cm³/mol. The van der Waals surface area contributed by atoms with Gasteiger partial charge >= 0.3 is 0 Å². The average molecular weight is 270 g/mol. The summed E-state index contributed by atoms with van der Waals surface area (Å²) in [6.07, 6.45) is 0. The van der Waals surface area contributed by atoms with Crippen LogP contribution in [0, 0.1) is 12.8 Å². The van der Waals surface area contributed by atoms with Crippen molar-refractivity contribution in [2.24, 2.45) is 5.92 Å². The first-order chi connectivity index (χ1) is 8.49. The second kappa shape index (κ2) is 6.64. The molecular weight excluding hydrogens is 250 g/mol. The van der Waals surface area contributed by atoms with Crippen molar-refractivity contribution in [3.8, 4) is 5.75 Å². The Morgan fingerprint density at radius 3 is 2.61 bits per heavy atom. The number of methoxy groups -OCH3 is 1. The minimum Gasteiger partial charge on any atom is -0.496 e. The first kappa shape index (κ1) is 14.8. The molecule has 1 atom stereocenters. The SMILES string of the molecule is COc1cc(C(=O)NC(CCl)C(C)C)ccc1C. The molecule has 0 aliphatic carbocycles. The lowest BCUT2D eigenvalue weighted by molar-refractivity contribution is 0.0931. The highest BCUT2D eigenvalue weighted by Crippen LogP contribution is 2.19. The van der Waals surface area contributed by atoms with Crippen LogP contribution in [0.3, 0.4) is 0 Å². The lowest BCUT2D eigenvalue weighted by Crippen LogP contribution is -2.39. The molecule has 0 aliphatic heterocycles. The van der Waals surface area contributed by atoms with Crippen LogP contribution in [0.25, 0.3) is 0 Å². The summed E-state index contributed by atoms with van der Waals surface area (Å²) in [5.74, 6) is 1.31. The van der Waals surface area contributed by atoms with Gasteiger partial charge in [0, 0.05) is 17.5 Å². The van der Waals surface area contributed by atoms with Gasteiger partial charge in [-0.25, -0.2) is 0 Å². The monoisotopic (exact) mass is 269 g/mol. The van der Waals surface area contributed by atoms with Gasteiger partial charge in [-0.2, -0.15) is 0 Å². The minimum absolute atomic E-state index is 0.0218. The van der Waals surface area contributed by atoms with E-state index in [-0.39, 0.29) is 11.9 Å². The third kappa shape index (κ3) is 3.64. The second-order valence-electron chi connectivity index (χ2n) is 4.66. The van der Waals surface area contributed by atoms with Crippen LogP contribution in [0.15, 0.2) is 18.2 Å². The summed E-state index contributed by atoms with van der Waals surface area (Å²) < 4.78 is 5.21. The van der Waals surface area contributed by atoms with Crippen LogP contribution in [0.1, 0.15) is 29.8 Å². The number of hydrogen-bond acceptors (Lipinski definition) is 2. The van der Waals surface area contributed by atoms with E-state index in [1.165, 1.54) is 0 Å². The number of nitrogens with one attached hydrogen (secondary N) is 1. The number of benzene rings is 1. The highest BCUT2D eigenvalue weighted by Gasteiger charge is 2.16. The molecule has 0 aromatic heterocycles. The molecule has 1 rings (SSSR count). The standard InChI is InChI=1S/C14H20ClNO2/c1-9(2)12(8-15)16-14(17)11-6-5-10(3)13(7-11)18-4/h5-7,9,12H,8H2,1-4H3,(H,16,17). The van der Waals surface area contributed by atoms with Gasteiger partial charge in [0.15, 0.2) is 0 Å². The van der Waals surface area contributed by atoms with Gasteiger partial charge in [-0.15, -0.1) is 11.6 Å². The van der Waals surface area contributed by atoms with Crippen LogP contribution in [0.5, 0.6) is 5.75 Å². The van der Waals surface area contributed by atoms with E-state index in [1.54, 1.807) is 19.2 Å². The molecule has 1 aromatic rings. The van der Waals surface area contributed by atoms with Crippen molar-refractivity contribution in [1.29, 1.82) is 0 Å². The number of alkyl halides is 1. The van der Waals surface area contributed by atoms with Gasteiger partial charge in [0.25, 0.3) is 5.91 Å². The zero-order valence-corrected chi connectivity index (χ0v) is 12.0. The summed E-state index contributed by atoms with van der Waals surface area (Å²) in [5, 5.41) is 2.93. The Labute approximate surface area is 113 Å². The Hall–Kier alpha value is -1.22. The van der Waals surface area contributed by atoms with Gasteiger partial charge in [-0.3, -0.25) is 4.79 Å². The van der Waals surface area contributed by atoms with Crippen molar-refractivity contribution in [3.63, 3.8) is 0 Å². The maximum Gasteiger partial charge on any atom is 0.251 e. The Bertz CT molecular complexity index is 418. The lowest BCUT2D eigenvalue weighted by Gasteiger charge is -2.20. The fourth-order valence-electron chi connectivity index (χ4n) is 1.60. The molecule has 18 heavy (non-hydrogen) atoms. The average Bonchev–Trinajstić information content (AvgIpc) is 2.35. The summed E-state index contributed by atoms with van der Waals surface area (Å²) in [5.41, 5.74) is 1.60. The molecular formula is C14H20ClNO2. The van der Waals surface area contributed by atoms with Crippen LogP contribution >= 0.6 is 11.6 Å². The second-order valence-corrected chi connectivity index (χ2v) is 4.97. The van der Waals surface area contributed by atoms with Gasteiger partial charge in [-0.05, 0) is 30.5 Å². The van der Waals surface area contributed by atoms with Crippen LogP contribution in [-0.4, -0.2) is 24.9 Å². The topological polar surface area (TPSA) is 38.3 Å². The summed E-state index contributed by atoms with van der Waals surface area (Å²) in [6, 6.07) is 5.39. The number of rotatable bonds is 5. The predicted octanol–water partition coefficient (Wildman–Crippen LogP) is 3.00. The summed E-state index contributed by atoms with van der Waals surface area (Å²) >= 11 is 5.84. The molecule has 100 valence electrons. The van der Waals surface area contributed by atoms with Gasteiger partial charge < -0.3 is 10.1 Å². The molecule has 0 radical (unpaired) electrons. The third-order valence-electron chi connectivity index (χ3n) is 2.96. The summed E-state index contributed by atoms with van der Waals surface area (Å²) in [6.45, 7) is 6.00. The Morgan fingerprint density at radius 2 is 2.11 bits per heavy atom. The molecule has 0 aliphatic rings. The van der Waals surface area contributed by atoms with Crippen molar-refractivity contribution in [1.82, 2.24) is 5.32 Å². The van der Waals surface area contributed by atoms with E-state index in [1.807, 2.05) is 26.8 Å². The van der Waals surface area contributed by atoms with Crippen LogP contribution < -0.4 is 10.1 Å². The lowest BCUT2D eigenvalue weighted by atomic mass is 10.1. The van der Waals surface area contributed by atoms with Gasteiger partial charge in [0.2, 0.25) is 0 Å². The van der Waals surface area contributed by atoms with E-state index in [4.69, 9.17) is 16.3 Å².